The van der Waals surface area contributed by atoms with E-state index in [1.807, 2.05) is 7.05 Å². The summed E-state index contributed by atoms with van der Waals surface area (Å²) in [5, 5.41) is 5.50. The van der Waals surface area contributed by atoms with Gasteiger partial charge in [-0.05, 0) is 55.5 Å². The molecule has 0 fully saturated rings. The number of ether oxygens (including phenoxy) is 1. The van der Waals surface area contributed by atoms with E-state index >= 15 is 0 Å². The standard InChI is InChI=1S/C17H21NOS/c1-18-17(16-10-15(19-2)11-20-16)14-8-7-12-5-3-4-6-13(12)9-14/h7-11,17-18H,3-6H2,1-2H3. The van der Waals surface area contributed by atoms with Crippen molar-refractivity contribution >= 4 is 11.3 Å². The fraction of sp³-hybridized carbons (Fsp3) is 0.412. The number of nitrogens with one attached hydrogen (secondary N) is 1. The van der Waals surface area contributed by atoms with E-state index in [4.69, 9.17) is 4.74 Å². The van der Waals surface area contributed by atoms with Gasteiger partial charge in [0.05, 0.1) is 13.2 Å². The molecule has 1 N–H and O–H groups in total. The van der Waals surface area contributed by atoms with E-state index in [0.29, 0.717) is 0 Å². The van der Waals surface area contributed by atoms with Crippen LogP contribution in [0.5, 0.6) is 5.75 Å². The molecule has 0 saturated heterocycles. The first kappa shape index (κ1) is 13.7. The molecule has 1 aromatic carbocycles. The van der Waals surface area contributed by atoms with Gasteiger partial charge in [0.1, 0.15) is 5.75 Å². The zero-order valence-corrected chi connectivity index (χ0v) is 12.9. The first-order valence-corrected chi connectivity index (χ1v) is 8.11. The smallest absolute Gasteiger partial charge is 0.129 e. The molecular weight excluding hydrogens is 266 g/mol. The van der Waals surface area contributed by atoms with Crippen molar-refractivity contribution in [1.29, 1.82) is 0 Å². The maximum atomic E-state index is 5.30. The number of hydrogen-bond donors (Lipinski definition) is 1. The average molecular weight is 287 g/mol. The molecule has 1 unspecified atom stereocenters. The first-order valence-electron chi connectivity index (χ1n) is 7.23. The highest BCUT2D eigenvalue weighted by molar-refractivity contribution is 7.10. The van der Waals surface area contributed by atoms with Gasteiger partial charge in [-0.15, -0.1) is 11.3 Å². The van der Waals surface area contributed by atoms with Crippen LogP contribution >= 0.6 is 11.3 Å². The minimum Gasteiger partial charge on any atom is -0.496 e. The average Bonchev–Trinajstić information content (AvgIpc) is 2.97. The van der Waals surface area contributed by atoms with Crippen molar-refractivity contribution < 1.29 is 4.74 Å². The molecule has 0 aliphatic heterocycles. The minimum atomic E-state index is 0.260. The summed E-state index contributed by atoms with van der Waals surface area (Å²) in [6, 6.07) is 9.38. The summed E-state index contributed by atoms with van der Waals surface area (Å²) in [5.41, 5.74) is 4.44. The van der Waals surface area contributed by atoms with Crippen molar-refractivity contribution in [2.24, 2.45) is 0 Å². The van der Waals surface area contributed by atoms with Gasteiger partial charge in [0.25, 0.3) is 0 Å². The second kappa shape index (κ2) is 5.98. The van der Waals surface area contributed by atoms with Crippen LogP contribution in [0.2, 0.25) is 0 Å². The Morgan fingerprint density at radius 1 is 1.15 bits per heavy atom. The predicted octanol–water partition coefficient (Wildman–Crippen LogP) is 3.94. The summed E-state index contributed by atoms with van der Waals surface area (Å²) >= 11 is 1.75. The zero-order valence-electron chi connectivity index (χ0n) is 12.1. The summed E-state index contributed by atoms with van der Waals surface area (Å²) in [7, 11) is 3.75. The third kappa shape index (κ3) is 2.60. The molecule has 0 saturated carbocycles. The summed E-state index contributed by atoms with van der Waals surface area (Å²) in [5.74, 6) is 0.947. The van der Waals surface area contributed by atoms with Crippen LogP contribution in [0.4, 0.5) is 0 Å². The molecule has 0 bridgehead atoms. The number of hydrogen-bond acceptors (Lipinski definition) is 3. The van der Waals surface area contributed by atoms with Gasteiger partial charge in [0.2, 0.25) is 0 Å². The van der Waals surface area contributed by atoms with Gasteiger partial charge in [-0.1, -0.05) is 18.2 Å². The van der Waals surface area contributed by atoms with E-state index in [2.05, 4.69) is 35.0 Å². The van der Waals surface area contributed by atoms with E-state index < -0.39 is 0 Å². The van der Waals surface area contributed by atoms with Crippen LogP contribution in [0.15, 0.2) is 29.6 Å². The molecule has 0 spiro atoms. The van der Waals surface area contributed by atoms with Gasteiger partial charge in [-0.2, -0.15) is 0 Å². The lowest BCUT2D eigenvalue weighted by atomic mass is 9.89. The van der Waals surface area contributed by atoms with E-state index in [0.717, 1.165) is 5.75 Å². The molecule has 106 valence electrons. The normalized spacial score (nSPS) is 15.7. The summed E-state index contributed by atoms with van der Waals surface area (Å²) in [6.45, 7) is 0. The lowest BCUT2D eigenvalue weighted by Gasteiger charge is -2.20. The van der Waals surface area contributed by atoms with E-state index in [-0.39, 0.29) is 6.04 Å². The third-order valence-electron chi connectivity index (χ3n) is 4.11. The van der Waals surface area contributed by atoms with Gasteiger partial charge in [0.15, 0.2) is 0 Å². The van der Waals surface area contributed by atoms with Crippen LogP contribution in [0.3, 0.4) is 0 Å². The number of fused-ring (bicyclic) bond motifs is 1. The Balaban J connectivity index is 1.92. The highest BCUT2D eigenvalue weighted by Crippen LogP contribution is 2.32. The van der Waals surface area contributed by atoms with Crippen LogP contribution in [-0.2, 0) is 12.8 Å². The van der Waals surface area contributed by atoms with Gasteiger partial charge in [-0.25, -0.2) is 0 Å². The van der Waals surface area contributed by atoms with E-state index in [9.17, 15) is 0 Å². The maximum absolute atomic E-state index is 5.30. The zero-order chi connectivity index (χ0) is 13.9. The molecule has 1 aliphatic carbocycles. The van der Waals surface area contributed by atoms with E-state index in [1.165, 1.54) is 41.7 Å². The van der Waals surface area contributed by atoms with Crippen LogP contribution in [-0.4, -0.2) is 14.2 Å². The van der Waals surface area contributed by atoms with Crippen molar-refractivity contribution in [2.75, 3.05) is 14.2 Å². The molecule has 1 atom stereocenters. The van der Waals surface area contributed by atoms with Gasteiger partial charge >= 0.3 is 0 Å². The SMILES string of the molecule is CNC(c1ccc2c(c1)CCCC2)c1cc(OC)cs1. The minimum absolute atomic E-state index is 0.260. The quantitative estimate of drug-likeness (QED) is 0.919. The second-order valence-corrected chi connectivity index (χ2v) is 6.29. The van der Waals surface area contributed by atoms with Crippen molar-refractivity contribution in [3.05, 3.63) is 51.2 Å². The van der Waals surface area contributed by atoms with Crippen molar-refractivity contribution in [3.63, 3.8) is 0 Å². The van der Waals surface area contributed by atoms with Crippen LogP contribution in [0.1, 0.15) is 40.5 Å². The molecule has 1 aliphatic rings. The molecule has 1 heterocycles. The van der Waals surface area contributed by atoms with Crippen molar-refractivity contribution in [2.45, 2.75) is 31.7 Å². The lowest BCUT2D eigenvalue weighted by Crippen LogP contribution is -2.17. The molecule has 2 aromatic rings. The first-order chi connectivity index (χ1) is 9.81. The second-order valence-electron chi connectivity index (χ2n) is 5.35. The molecule has 0 amide bonds. The van der Waals surface area contributed by atoms with Gasteiger partial charge < -0.3 is 10.1 Å². The number of rotatable bonds is 4. The summed E-state index contributed by atoms with van der Waals surface area (Å²) < 4.78 is 5.30. The summed E-state index contributed by atoms with van der Waals surface area (Å²) in [6.07, 6.45) is 5.14. The Bertz CT molecular complexity index is 590. The Morgan fingerprint density at radius 3 is 2.65 bits per heavy atom. The lowest BCUT2D eigenvalue weighted by molar-refractivity contribution is 0.416. The molecule has 1 aromatic heterocycles. The number of aryl methyl sites for hydroxylation is 2. The third-order valence-corrected chi connectivity index (χ3v) is 5.09. The fourth-order valence-corrected chi connectivity index (χ4v) is 3.99. The number of benzene rings is 1. The topological polar surface area (TPSA) is 21.3 Å². The summed E-state index contributed by atoms with van der Waals surface area (Å²) in [4.78, 5) is 1.31. The largest absolute Gasteiger partial charge is 0.496 e. The van der Waals surface area contributed by atoms with Gasteiger partial charge in [0, 0.05) is 10.3 Å². The number of thiophene rings is 1. The Labute approximate surface area is 124 Å². The van der Waals surface area contributed by atoms with Crippen LogP contribution < -0.4 is 10.1 Å². The van der Waals surface area contributed by atoms with Crippen molar-refractivity contribution in [1.82, 2.24) is 5.32 Å². The fourth-order valence-electron chi connectivity index (χ4n) is 3.00. The van der Waals surface area contributed by atoms with Crippen LogP contribution in [0, 0.1) is 0 Å². The Morgan fingerprint density at radius 2 is 1.95 bits per heavy atom. The molecule has 2 nitrogen and oxygen atoms in total. The molecular formula is C17H21NOS. The number of methoxy groups -OCH3 is 1. The Hall–Kier alpha value is -1.32. The van der Waals surface area contributed by atoms with Crippen molar-refractivity contribution in [3.8, 4) is 5.75 Å². The highest BCUT2D eigenvalue weighted by Gasteiger charge is 2.17. The molecule has 20 heavy (non-hydrogen) atoms. The predicted molar refractivity (Wildman–Crippen MR) is 84.9 cm³/mol. The van der Waals surface area contributed by atoms with Crippen LogP contribution in [0.25, 0.3) is 0 Å². The maximum Gasteiger partial charge on any atom is 0.129 e. The Kier molecular flexibility index (Phi) is 4.08. The highest BCUT2D eigenvalue weighted by atomic mass is 32.1. The molecule has 0 radical (unpaired) electrons. The molecule has 3 rings (SSSR count). The monoisotopic (exact) mass is 287 g/mol. The van der Waals surface area contributed by atoms with Gasteiger partial charge in [-0.3, -0.25) is 0 Å². The van der Waals surface area contributed by atoms with E-state index in [1.54, 1.807) is 24.0 Å². The molecule has 3 heteroatoms.